The van der Waals surface area contributed by atoms with Crippen LogP contribution in [0.2, 0.25) is 0 Å². The largest absolute Gasteiger partial charge is 0.449 e. The number of amides is 2. The smallest absolute Gasteiger partial charge is 0.410 e. The van der Waals surface area contributed by atoms with Gasteiger partial charge in [-0.15, -0.1) is 0 Å². The number of fused-ring (bicyclic) bond motifs is 1. The van der Waals surface area contributed by atoms with Gasteiger partial charge in [-0.05, 0) is 37.6 Å². The Bertz CT molecular complexity index is 708. The Kier molecular flexibility index (Phi) is 4.00. The van der Waals surface area contributed by atoms with E-state index in [2.05, 4.69) is 16.8 Å². The molecule has 6 nitrogen and oxygen atoms in total. The summed E-state index contributed by atoms with van der Waals surface area (Å²) < 4.78 is 7.06. The first-order valence-electron chi connectivity index (χ1n) is 7.48. The summed E-state index contributed by atoms with van der Waals surface area (Å²) >= 11 is 0. The highest BCUT2D eigenvalue weighted by atomic mass is 16.6. The zero-order valence-electron chi connectivity index (χ0n) is 12.5. The minimum Gasteiger partial charge on any atom is -0.449 e. The van der Waals surface area contributed by atoms with E-state index in [1.165, 1.54) is 4.90 Å². The van der Waals surface area contributed by atoms with Crippen LogP contribution in [0, 0.1) is 0 Å². The summed E-state index contributed by atoms with van der Waals surface area (Å²) in [4.78, 5) is 25.0. The number of carbonyl (C=O) groups is 2. The Balaban J connectivity index is 1.67. The highest BCUT2D eigenvalue weighted by molar-refractivity contribution is 5.96. The maximum Gasteiger partial charge on any atom is 0.410 e. The van der Waals surface area contributed by atoms with Crippen molar-refractivity contribution in [2.24, 2.45) is 0 Å². The second kappa shape index (κ2) is 6.09. The number of anilines is 1. The van der Waals surface area contributed by atoms with Gasteiger partial charge in [-0.1, -0.05) is 0 Å². The molecule has 1 aromatic heterocycles. The molecule has 2 aromatic rings. The van der Waals surface area contributed by atoms with E-state index in [0.717, 1.165) is 29.6 Å². The molecular formula is C16H19N3O3. The Morgan fingerprint density at radius 2 is 2.23 bits per heavy atom. The van der Waals surface area contributed by atoms with Gasteiger partial charge in [0.15, 0.2) is 0 Å². The summed E-state index contributed by atoms with van der Waals surface area (Å²) in [5.74, 6) is -0.215. The van der Waals surface area contributed by atoms with E-state index in [1.54, 1.807) is 0 Å². The molecule has 1 N–H and O–H groups in total. The SMILES string of the molecule is CCn1ccc2cc(NC(=O)CN3CCCOC3=O)ccc21. The van der Waals surface area contributed by atoms with E-state index in [-0.39, 0.29) is 12.5 Å². The lowest BCUT2D eigenvalue weighted by Crippen LogP contribution is -2.42. The van der Waals surface area contributed by atoms with Crippen molar-refractivity contribution in [1.29, 1.82) is 0 Å². The van der Waals surface area contributed by atoms with Gasteiger partial charge < -0.3 is 14.6 Å². The van der Waals surface area contributed by atoms with Crippen molar-refractivity contribution >= 4 is 28.6 Å². The van der Waals surface area contributed by atoms with Crippen LogP contribution in [0.15, 0.2) is 30.5 Å². The van der Waals surface area contributed by atoms with Gasteiger partial charge in [0.2, 0.25) is 5.91 Å². The number of nitrogens with zero attached hydrogens (tertiary/aromatic N) is 2. The minimum atomic E-state index is -0.420. The number of rotatable bonds is 4. The van der Waals surface area contributed by atoms with Crippen LogP contribution in [0.1, 0.15) is 13.3 Å². The molecule has 1 fully saturated rings. The van der Waals surface area contributed by atoms with E-state index in [4.69, 9.17) is 4.74 Å². The summed E-state index contributed by atoms with van der Waals surface area (Å²) in [5.41, 5.74) is 1.87. The molecule has 1 aliphatic rings. The van der Waals surface area contributed by atoms with E-state index in [9.17, 15) is 9.59 Å². The van der Waals surface area contributed by atoms with Crippen molar-refractivity contribution in [3.8, 4) is 0 Å². The number of benzene rings is 1. The van der Waals surface area contributed by atoms with Crippen LogP contribution in [-0.4, -0.2) is 41.2 Å². The highest BCUT2D eigenvalue weighted by Crippen LogP contribution is 2.20. The third-order valence-corrected chi connectivity index (χ3v) is 3.79. The van der Waals surface area contributed by atoms with Crippen molar-refractivity contribution < 1.29 is 14.3 Å². The maximum atomic E-state index is 12.1. The lowest BCUT2D eigenvalue weighted by Gasteiger charge is -2.25. The van der Waals surface area contributed by atoms with Gasteiger partial charge in [-0.3, -0.25) is 9.69 Å². The predicted molar refractivity (Wildman–Crippen MR) is 83.8 cm³/mol. The Hall–Kier alpha value is -2.50. The molecule has 22 heavy (non-hydrogen) atoms. The number of aryl methyl sites for hydroxylation is 1. The number of aromatic nitrogens is 1. The van der Waals surface area contributed by atoms with Crippen LogP contribution in [0.3, 0.4) is 0 Å². The molecule has 2 amide bonds. The van der Waals surface area contributed by atoms with Crippen LogP contribution in [0.25, 0.3) is 10.9 Å². The third-order valence-electron chi connectivity index (χ3n) is 3.79. The van der Waals surface area contributed by atoms with Crippen molar-refractivity contribution in [1.82, 2.24) is 9.47 Å². The van der Waals surface area contributed by atoms with Crippen molar-refractivity contribution in [2.75, 3.05) is 25.0 Å². The van der Waals surface area contributed by atoms with Crippen LogP contribution >= 0.6 is 0 Å². The lowest BCUT2D eigenvalue weighted by atomic mass is 10.2. The normalized spacial score (nSPS) is 15.0. The van der Waals surface area contributed by atoms with Crippen LogP contribution in [0.5, 0.6) is 0 Å². The third kappa shape index (κ3) is 2.90. The fraction of sp³-hybridized carbons (Fsp3) is 0.375. The molecule has 0 spiro atoms. The molecule has 0 aliphatic carbocycles. The van der Waals surface area contributed by atoms with Gasteiger partial charge in [0, 0.05) is 35.9 Å². The summed E-state index contributed by atoms with van der Waals surface area (Å²) in [6.07, 6.45) is 2.37. The van der Waals surface area contributed by atoms with Crippen molar-refractivity contribution in [3.63, 3.8) is 0 Å². The quantitative estimate of drug-likeness (QED) is 0.943. The van der Waals surface area contributed by atoms with Crippen LogP contribution in [-0.2, 0) is 16.1 Å². The molecule has 0 saturated carbocycles. The Labute approximate surface area is 128 Å². The molecule has 1 aromatic carbocycles. The first kappa shape index (κ1) is 14.4. The highest BCUT2D eigenvalue weighted by Gasteiger charge is 2.21. The maximum absolute atomic E-state index is 12.1. The second-order valence-corrected chi connectivity index (χ2v) is 5.31. The average Bonchev–Trinajstić information content (AvgIpc) is 2.92. The number of cyclic esters (lactones) is 1. The fourth-order valence-electron chi connectivity index (χ4n) is 2.67. The molecule has 116 valence electrons. The van der Waals surface area contributed by atoms with Gasteiger partial charge in [0.05, 0.1) is 6.61 Å². The van der Waals surface area contributed by atoms with E-state index >= 15 is 0 Å². The summed E-state index contributed by atoms with van der Waals surface area (Å²) in [7, 11) is 0. The first-order valence-corrected chi connectivity index (χ1v) is 7.48. The molecule has 0 radical (unpaired) electrons. The number of nitrogens with one attached hydrogen (secondary N) is 1. The second-order valence-electron chi connectivity index (χ2n) is 5.31. The molecule has 2 heterocycles. The first-order chi connectivity index (χ1) is 10.7. The van der Waals surface area contributed by atoms with Gasteiger partial charge in [0.1, 0.15) is 6.54 Å². The molecule has 0 bridgehead atoms. The topological polar surface area (TPSA) is 63.6 Å². The molecule has 1 saturated heterocycles. The molecule has 0 unspecified atom stereocenters. The molecule has 0 atom stereocenters. The molecule has 1 aliphatic heterocycles. The van der Waals surface area contributed by atoms with E-state index < -0.39 is 6.09 Å². The fourth-order valence-corrected chi connectivity index (χ4v) is 2.67. The van der Waals surface area contributed by atoms with Gasteiger partial charge in [0.25, 0.3) is 0 Å². The van der Waals surface area contributed by atoms with Gasteiger partial charge in [-0.25, -0.2) is 4.79 Å². The Morgan fingerprint density at radius 3 is 3.00 bits per heavy atom. The average molecular weight is 301 g/mol. The zero-order chi connectivity index (χ0) is 15.5. The standard InChI is InChI=1S/C16H19N3O3/c1-2-18-8-6-12-10-13(4-5-14(12)18)17-15(20)11-19-7-3-9-22-16(19)21/h4-6,8,10H,2-3,7,9,11H2,1H3,(H,17,20). The summed E-state index contributed by atoms with van der Waals surface area (Å²) in [6, 6.07) is 7.83. The van der Waals surface area contributed by atoms with Crippen molar-refractivity contribution in [2.45, 2.75) is 19.9 Å². The lowest BCUT2D eigenvalue weighted by molar-refractivity contribution is -0.117. The van der Waals surface area contributed by atoms with E-state index in [1.807, 2.05) is 30.5 Å². The number of carbonyl (C=O) groups excluding carboxylic acids is 2. The number of hydrogen-bond acceptors (Lipinski definition) is 3. The van der Waals surface area contributed by atoms with E-state index in [0.29, 0.717) is 13.2 Å². The molecular weight excluding hydrogens is 282 g/mol. The number of hydrogen-bond donors (Lipinski definition) is 1. The summed E-state index contributed by atoms with van der Waals surface area (Å²) in [6.45, 7) is 4.01. The predicted octanol–water partition coefficient (Wildman–Crippen LogP) is 2.44. The monoisotopic (exact) mass is 301 g/mol. The Morgan fingerprint density at radius 1 is 1.36 bits per heavy atom. The van der Waals surface area contributed by atoms with Crippen LogP contribution < -0.4 is 5.32 Å². The minimum absolute atomic E-state index is 0.0207. The van der Waals surface area contributed by atoms with Crippen LogP contribution in [0.4, 0.5) is 10.5 Å². The van der Waals surface area contributed by atoms with Crippen molar-refractivity contribution in [3.05, 3.63) is 30.5 Å². The zero-order valence-corrected chi connectivity index (χ0v) is 12.5. The number of ether oxygens (including phenoxy) is 1. The molecule has 3 rings (SSSR count). The molecule has 6 heteroatoms. The van der Waals surface area contributed by atoms with Gasteiger partial charge >= 0.3 is 6.09 Å². The summed E-state index contributed by atoms with van der Waals surface area (Å²) in [5, 5.41) is 3.91. The van der Waals surface area contributed by atoms with Gasteiger partial charge in [-0.2, -0.15) is 0 Å².